The summed E-state index contributed by atoms with van der Waals surface area (Å²) in [6.45, 7) is 1.79. The van der Waals surface area contributed by atoms with Gasteiger partial charge in [-0.05, 0) is 24.1 Å². The Bertz CT molecular complexity index is 514. The molecule has 2 heteroatoms. The summed E-state index contributed by atoms with van der Waals surface area (Å²) in [6, 6.07) is 23.0. The van der Waals surface area contributed by atoms with Gasteiger partial charge >= 0.3 is 0 Å². The summed E-state index contributed by atoms with van der Waals surface area (Å²) in [5, 5.41) is 8.67. The van der Waals surface area contributed by atoms with Crippen LogP contribution in [0.3, 0.4) is 0 Å². The zero-order valence-electron chi connectivity index (χ0n) is 11.0. The lowest BCUT2D eigenvalue weighted by Crippen LogP contribution is -2.23. The Balaban J connectivity index is 2.08. The average molecular weight is 250 g/mol. The van der Waals surface area contributed by atoms with Crippen molar-refractivity contribution in [1.29, 1.82) is 5.26 Å². The molecule has 0 spiro atoms. The molecule has 2 aromatic carbocycles. The first-order valence-corrected chi connectivity index (χ1v) is 6.61. The number of rotatable bonds is 6. The van der Waals surface area contributed by atoms with Crippen molar-refractivity contribution in [1.82, 2.24) is 0 Å². The molecular formula is C17H18N2. The summed E-state index contributed by atoms with van der Waals surface area (Å²) < 4.78 is 0. The molecule has 0 heterocycles. The Morgan fingerprint density at radius 1 is 0.895 bits per heavy atom. The van der Waals surface area contributed by atoms with Gasteiger partial charge in [-0.1, -0.05) is 48.5 Å². The molecule has 0 atom stereocenters. The molecule has 0 amide bonds. The Morgan fingerprint density at radius 3 is 2.16 bits per heavy atom. The Labute approximate surface area is 114 Å². The van der Waals surface area contributed by atoms with E-state index in [0.717, 1.165) is 19.5 Å². The molecule has 0 unspecified atom stereocenters. The highest BCUT2D eigenvalue weighted by Crippen LogP contribution is 2.17. The van der Waals surface area contributed by atoms with Crippen LogP contribution in [0.2, 0.25) is 0 Å². The van der Waals surface area contributed by atoms with E-state index in [9.17, 15) is 0 Å². The highest BCUT2D eigenvalue weighted by molar-refractivity contribution is 5.46. The van der Waals surface area contributed by atoms with Gasteiger partial charge in [-0.2, -0.15) is 5.26 Å². The third-order valence-electron chi connectivity index (χ3n) is 3.05. The van der Waals surface area contributed by atoms with Crippen LogP contribution in [0.25, 0.3) is 0 Å². The molecule has 0 aliphatic rings. The van der Waals surface area contributed by atoms with Crippen LogP contribution in [0.4, 0.5) is 5.69 Å². The minimum Gasteiger partial charge on any atom is -0.367 e. The van der Waals surface area contributed by atoms with Crippen LogP contribution in [-0.2, 0) is 6.54 Å². The summed E-state index contributed by atoms with van der Waals surface area (Å²) in [4.78, 5) is 2.33. The van der Waals surface area contributed by atoms with E-state index in [0.29, 0.717) is 6.42 Å². The van der Waals surface area contributed by atoms with Crippen LogP contribution in [-0.4, -0.2) is 6.54 Å². The summed E-state index contributed by atoms with van der Waals surface area (Å²) in [5.74, 6) is 0. The van der Waals surface area contributed by atoms with E-state index < -0.39 is 0 Å². The zero-order chi connectivity index (χ0) is 13.3. The van der Waals surface area contributed by atoms with Crippen molar-refractivity contribution in [2.45, 2.75) is 19.4 Å². The summed E-state index contributed by atoms with van der Waals surface area (Å²) in [7, 11) is 0. The van der Waals surface area contributed by atoms with Gasteiger partial charge in [0, 0.05) is 25.2 Å². The van der Waals surface area contributed by atoms with Crippen LogP contribution in [0.1, 0.15) is 18.4 Å². The summed E-state index contributed by atoms with van der Waals surface area (Å²) in [6.07, 6.45) is 1.51. The maximum absolute atomic E-state index is 8.67. The molecule has 2 rings (SSSR count). The lowest BCUT2D eigenvalue weighted by molar-refractivity contribution is 0.741. The molecular weight excluding hydrogens is 232 g/mol. The highest BCUT2D eigenvalue weighted by atomic mass is 15.1. The van der Waals surface area contributed by atoms with E-state index in [2.05, 4.69) is 59.5 Å². The van der Waals surface area contributed by atoms with Gasteiger partial charge in [0.05, 0.1) is 6.07 Å². The lowest BCUT2D eigenvalue weighted by atomic mass is 10.2. The SMILES string of the molecule is N#CCCCN(Cc1ccccc1)c1ccccc1. The summed E-state index contributed by atoms with van der Waals surface area (Å²) >= 11 is 0. The van der Waals surface area contributed by atoms with E-state index in [1.807, 2.05) is 12.1 Å². The second-order valence-corrected chi connectivity index (χ2v) is 4.50. The van der Waals surface area contributed by atoms with E-state index in [-0.39, 0.29) is 0 Å². The largest absolute Gasteiger partial charge is 0.367 e. The minimum absolute atomic E-state index is 0.609. The number of benzene rings is 2. The average Bonchev–Trinajstić information content (AvgIpc) is 2.48. The fourth-order valence-corrected chi connectivity index (χ4v) is 2.09. The van der Waals surface area contributed by atoms with Crippen molar-refractivity contribution in [2.24, 2.45) is 0 Å². The van der Waals surface area contributed by atoms with Gasteiger partial charge in [-0.3, -0.25) is 0 Å². The number of hydrogen-bond acceptors (Lipinski definition) is 2. The standard InChI is InChI=1S/C17H18N2/c18-13-7-8-14-19(17-11-5-2-6-12-17)15-16-9-3-1-4-10-16/h1-6,9-12H,7-8,14-15H2. The van der Waals surface area contributed by atoms with Crippen molar-refractivity contribution in [3.63, 3.8) is 0 Å². The quantitative estimate of drug-likeness (QED) is 0.725. The minimum atomic E-state index is 0.609. The fourth-order valence-electron chi connectivity index (χ4n) is 2.09. The van der Waals surface area contributed by atoms with Crippen LogP contribution in [0.15, 0.2) is 60.7 Å². The topological polar surface area (TPSA) is 27.0 Å². The first kappa shape index (κ1) is 13.2. The van der Waals surface area contributed by atoms with Crippen molar-refractivity contribution < 1.29 is 0 Å². The van der Waals surface area contributed by atoms with Gasteiger partial charge in [-0.25, -0.2) is 0 Å². The second-order valence-electron chi connectivity index (χ2n) is 4.50. The number of nitriles is 1. The van der Waals surface area contributed by atoms with Gasteiger partial charge in [0.25, 0.3) is 0 Å². The predicted octanol–water partition coefficient (Wildman–Crippen LogP) is 4.00. The third kappa shape index (κ3) is 4.15. The molecule has 0 saturated heterocycles. The predicted molar refractivity (Wildman–Crippen MR) is 78.8 cm³/mol. The molecule has 2 nitrogen and oxygen atoms in total. The van der Waals surface area contributed by atoms with E-state index in [1.54, 1.807) is 0 Å². The molecule has 0 aromatic heterocycles. The molecule has 0 saturated carbocycles. The molecule has 0 radical (unpaired) electrons. The van der Waals surface area contributed by atoms with E-state index >= 15 is 0 Å². The Hall–Kier alpha value is -2.27. The van der Waals surface area contributed by atoms with Crippen LogP contribution >= 0.6 is 0 Å². The van der Waals surface area contributed by atoms with Crippen molar-refractivity contribution in [3.05, 3.63) is 66.2 Å². The van der Waals surface area contributed by atoms with Crippen LogP contribution in [0.5, 0.6) is 0 Å². The monoisotopic (exact) mass is 250 g/mol. The number of para-hydroxylation sites is 1. The molecule has 2 aromatic rings. The first-order chi connectivity index (χ1) is 9.40. The normalized spacial score (nSPS) is 9.84. The van der Waals surface area contributed by atoms with Crippen LogP contribution < -0.4 is 4.90 Å². The maximum atomic E-state index is 8.67. The van der Waals surface area contributed by atoms with Gasteiger partial charge in [-0.15, -0.1) is 0 Å². The van der Waals surface area contributed by atoms with Crippen molar-refractivity contribution >= 4 is 5.69 Å². The Kier molecular flexibility index (Phi) is 5.01. The molecule has 19 heavy (non-hydrogen) atoms. The third-order valence-corrected chi connectivity index (χ3v) is 3.05. The van der Waals surface area contributed by atoms with E-state index in [1.165, 1.54) is 11.3 Å². The molecule has 0 bridgehead atoms. The zero-order valence-corrected chi connectivity index (χ0v) is 11.0. The highest BCUT2D eigenvalue weighted by Gasteiger charge is 2.06. The van der Waals surface area contributed by atoms with E-state index in [4.69, 9.17) is 5.26 Å². The van der Waals surface area contributed by atoms with Gasteiger partial charge in [0.2, 0.25) is 0 Å². The maximum Gasteiger partial charge on any atom is 0.0622 e. The first-order valence-electron chi connectivity index (χ1n) is 6.61. The smallest absolute Gasteiger partial charge is 0.0622 e. The molecule has 0 aliphatic carbocycles. The summed E-state index contributed by atoms with van der Waals surface area (Å²) in [5.41, 5.74) is 2.51. The molecule has 96 valence electrons. The Morgan fingerprint density at radius 2 is 1.53 bits per heavy atom. The number of hydrogen-bond donors (Lipinski definition) is 0. The van der Waals surface area contributed by atoms with Crippen molar-refractivity contribution in [3.8, 4) is 6.07 Å². The molecule has 0 fully saturated rings. The van der Waals surface area contributed by atoms with Crippen molar-refractivity contribution in [2.75, 3.05) is 11.4 Å². The van der Waals surface area contributed by atoms with Crippen LogP contribution in [0, 0.1) is 11.3 Å². The molecule has 0 N–H and O–H groups in total. The van der Waals surface area contributed by atoms with Gasteiger partial charge in [0.1, 0.15) is 0 Å². The van der Waals surface area contributed by atoms with Gasteiger partial charge in [0.15, 0.2) is 0 Å². The number of unbranched alkanes of at least 4 members (excludes halogenated alkanes) is 1. The fraction of sp³-hybridized carbons (Fsp3) is 0.235. The number of anilines is 1. The second kappa shape index (κ2) is 7.23. The molecule has 0 aliphatic heterocycles. The van der Waals surface area contributed by atoms with Gasteiger partial charge < -0.3 is 4.90 Å². The lowest BCUT2D eigenvalue weighted by Gasteiger charge is -2.24. The number of nitrogens with zero attached hydrogens (tertiary/aromatic N) is 2.